The number of carbonyl (C=O) groups is 1. The maximum atomic E-state index is 12.5. The zero-order chi connectivity index (χ0) is 19.9. The summed E-state index contributed by atoms with van der Waals surface area (Å²) in [6.07, 6.45) is 1.77. The summed E-state index contributed by atoms with van der Waals surface area (Å²) in [5, 5.41) is 9.47. The Kier molecular flexibility index (Phi) is 5.88. The maximum Gasteiger partial charge on any atom is 0.343 e. The Labute approximate surface area is 164 Å². The third-order valence-electron chi connectivity index (χ3n) is 4.27. The first-order valence-corrected chi connectivity index (χ1v) is 8.75. The number of ether oxygens (including phenoxy) is 2. The Morgan fingerprint density at radius 3 is 2.36 bits per heavy atom. The number of benzene rings is 3. The van der Waals surface area contributed by atoms with Gasteiger partial charge in [-0.05, 0) is 47.9 Å². The van der Waals surface area contributed by atoms with Crippen molar-refractivity contribution < 1.29 is 14.3 Å². The van der Waals surface area contributed by atoms with Crippen LogP contribution in [0.5, 0.6) is 11.5 Å². The highest BCUT2D eigenvalue weighted by atomic mass is 16.6. The molecule has 3 rings (SSSR count). The number of nitriles is 1. The van der Waals surface area contributed by atoms with Crippen molar-refractivity contribution in [3.05, 3.63) is 95.1 Å². The van der Waals surface area contributed by atoms with Crippen LogP contribution in [0.4, 0.5) is 0 Å². The molecule has 4 nitrogen and oxygen atoms in total. The first-order valence-electron chi connectivity index (χ1n) is 8.75. The summed E-state index contributed by atoms with van der Waals surface area (Å²) in [6, 6.07) is 24.1. The lowest BCUT2D eigenvalue weighted by Crippen LogP contribution is -2.10. The largest absolute Gasteiger partial charge is 0.493 e. The predicted molar refractivity (Wildman–Crippen MR) is 109 cm³/mol. The van der Waals surface area contributed by atoms with Gasteiger partial charge in [-0.15, -0.1) is 0 Å². The van der Waals surface area contributed by atoms with Crippen molar-refractivity contribution in [1.29, 1.82) is 5.26 Å². The van der Waals surface area contributed by atoms with Crippen LogP contribution in [0.15, 0.2) is 72.8 Å². The molecule has 0 radical (unpaired) electrons. The summed E-state index contributed by atoms with van der Waals surface area (Å²) in [5.74, 6) is 0.300. The monoisotopic (exact) mass is 369 g/mol. The molecule has 0 aliphatic heterocycles. The molecule has 0 aliphatic carbocycles. The van der Waals surface area contributed by atoms with Crippen molar-refractivity contribution in [3.8, 4) is 17.6 Å². The number of nitrogens with zero attached hydrogens (tertiary/aromatic N) is 1. The highest BCUT2D eigenvalue weighted by Crippen LogP contribution is 2.30. The number of hydrogen-bond acceptors (Lipinski definition) is 4. The van der Waals surface area contributed by atoms with Gasteiger partial charge in [0.15, 0.2) is 11.5 Å². The van der Waals surface area contributed by atoms with Crippen molar-refractivity contribution in [2.75, 3.05) is 7.11 Å². The van der Waals surface area contributed by atoms with Crippen molar-refractivity contribution >= 4 is 17.6 Å². The Hall–Kier alpha value is -3.84. The molecule has 0 unspecified atom stereocenters. The van der Waals surface area contributed by atoms with E-state index in [0.29, 0.717) is 22.6 Å². The standard InChI is InChI=1S/C24H19NO3/c1-17-8-6-7-11-21(17)24(26)28-22-13-12-18(15-23(22)27-2)14-20(16-25)19-9-4-3-5-10-19/h3-15H,1-2H3/b20-14-. The normalized spacial score (nSPS) is 10.8. The maximum absolute atomic E-state index is 12.5. The molecule has 138 valence electrons. The van der Waals surface area contributed by atoms with Gasteiger partial charge in [-0.25, -0.2) is 4.79 Å². The predicted octanol–water partition coefficient (Wildman–Crippen LogP) is 5.29. The number of aryl methyl sites for hydroxylation is 1. The fourth-order valence-electron chi connectivity index (χ4n) is 2.78. The molecule has 0 N–H and O–H groups in total. The molecule has 0 atom stereocenters. The van der Waals surface area contributed by atoms with Gasteiger partial charge in [0, 0.05) is 0 Å². The van der Waals surface area contributed by atoms with E-state index in [4.69, 9.17) is 9.47 Å². The van der Waals surface area contributed by atoms with Gasteiger partial charge >= 0.3 is 5.97 Å². The summed E-state index contributed by atoms with van der Waals surface area (Å²) in [5.41, 5.74) is 3.48. The van der Waals surface area contributed by atoms with Gasteiger partial charge in [-0.1, -0.05) is 54.6 Å². The molecule has 0 bridgehead atoms. The van der Waals surface area contributed by atoms with Gasteiger partial charge in [-0.2, -0.15) is 5.26 Å². The molecule has 0 aromatic heterocycles. The highest BCUT2D eigenvalue weighted by molar-refractivity contribution is 5.93. The summed E-state index contributed by atoms with van der Waals surface area (Å²) >= 11 is 0. The molecule has 4 heteroatoms. The highest BCUT2D eigenvalue weighted by Gasteiger charge is 2.14. The summed E-state index contributed by atoms with van der Waals surface area (Å²) < 4.78 is 10.9. The van der Waals surface area contributed by atoms with E-state index in [0.717, 1.165) is 16.7 Å². The van der Waals surface area contributed by atoms with E-state index in [-0.39, 0.29) is 0 Å². The summed E-state index contributed by atoms with van der Waals surface area (Å²) in [6.45, 7) is 1.86. The summed E-state index contributed by atoms with van der Waals surface area (Å²) in [7, 11) is 1.51. The third kappa shape index (κ3) is 4.28. The van der Waals surface area contributed by atoms with Crippen LogP contribution in [0, 0.1) is 18.3 Å². The topological polar surface area (TPSA) is 59.3 Å². The summed E-state index contributed by atoms with van der Waals surface area (Å²) in [4.78, 5) is 12.5. The average molecular weight is 369 g/mol. The van der Waals surface area contributed by atoms with Crippen LogP contribution in [0.25, 0.3) is 11.6 Å². The lowest BCUT2D eigenvalue weighted by molar-refractivity contribution is 0.0729. The minimum Gasteiger partial charge on any atom is -0.493 e. The number of allylic oxidation sites excluding steroid dienone is 1. The van der Waals surface area contributed by atoms with E-state index < -0.39 is 5.97 Å². The van der Waals surface area contributed by atoms with E-state index in [1.165, 1.54) is 7.11 Å². The number of hydrogen-bond donors (Lipinski definition) is 0. The second-order valence-corrected chi connectivity index (χ2v) is 6.15. The molecule has 0 spiro atoms. The molecule has 3 aromatic carbocycles. The number of rotatable bonds is 5. The van der Waals surface area contributed by atoms with Crippen molar-refractivity contribution in [1.82, 2.24) is 0 Å². The smallest absolute Gasteiger partial charge is 0.343 e. The quantitative estimate of drug-likeness (QED) is 0.265. The molecule has 0 amide bonds. The van der Waals surface area contributed by atoms with Gasteiger partial charge in [0.2, 0.25) is 0 Å². The fraction of sp³-hybridized carbons (Fsp3) is 0.0833. The van der Waals surface area contributed by atoms with Crippen LogP contribution < -0.4 is 9.47 Å². The van der Waals surface area contributed by atoms with Crippen LogP contribution in [0.3, 0.4) is 0 Å². The fourth-order valence-corrected chi connectivity index (χ4v) is 2.78. The molecule has 0 aliphatic rings. The Morgan fingerprint density at radius 2 is 1.68 bits per heavy atom. The molecule has 28 heavy (non-hydrogen) atoms. The van der Waals surface area contributed by atoms with Gasteiger partial charge < -0.3 is 9.47 Å². The second-order valence-electron chi connectivity index (χ2n) is 6.15. The first kappa shape index (κ1) is 18.9. The van der Waals surface area contributed by atoms with E-state index in [1.54, 1.807) is 36.4 Å². The van der Waals surface area contributed by atoms with Gasteiger partial charge in [0.25, 0.3) is 0 Å². The molecule has 0 saturated carbocycles. The second kappa shape index (κ2) is 8.70. The Bertz CT molecular complexity index is 1060. The van der Waals surface area contributed by atoms with Crippen molar-refractivity contribution in [3.63, 3.8) is 0 Å². The average Bonchev–Trinajstić information content (AvgIpc) is 2.73. The van der Waals surface area contributed by atoms with Crippen LogP contribution in [0.1, 0.15) is 27.0 Å². The molecular weight excluding hydrogens is 350 g/mol. The molecular formula is C24H19NO3. The number of esters is 1. The van der Waals surface area contributed by atoms with E-state index in [1.807, 2.05) is 49.4 Å². The van der Waals surface area contributed by atoms with Crippen molar-refractivity contribution in [2.45, 2.75) is 6.92 Å². The zero-order valence-electron chi connectivity index (χ0n) is 15.7. The lowest BCUT2D eigenvalue weighted by atomic mass is 10.0. The van der Waals surface area contributed by atoms with Gasteiger partial charge in [-0.3, -0.25) is 0 Å². The SMILES string of the molecule is COc1cc(/C=C(/C#N)c2ccccc2)ccc1OC(=O)c1ccccc1C. The van der Waals surface area contributed by atoms with Crippen molar-refractivity contribution in [2.24, 2.45) is 0 Å². The zero-order valence-corrected chi connectivity index (χ0v) is 15.7. The molecule has 0 fully saturated rings. The van der Waals surface area contributed by atoms with Crippen LogP contribution in [0.2, 0.25) is 0 Å². The van der Waals surface area contributed by atoms with E-state index in [2.05, 4.69) is 6.07 Å². The lowest BCUT2D eigenvalue weighted by Gasteiger charge is -2.11. The van der Waals surface area contributed by atoms with Gasteiger partial charge in [0.05, 0.1) is 24.3 Å². The minimum atomic E-state index is -0.443. The minimum absolute atomic E-state index is 0.325. The third-order valence-corrected chi connectivity index (χ3v) is 4.27. The molecule has 0 saturated heterocycles. The number of carbonyl (C=O) groups excluding carboxylic acids is 1. The molecule has 0 heterocycles. The van der Waals surface area contributed by atoms with E-state index in [9.17, 15) is 10.1 Å². The Balaban J connectivity index is 1.89. The molecule has 3 aromatic rings. The van der Waals surface area contributed by atoms with Crippen LogP contribution in [-0.2, 0) is 0 Å². The Morgan fingerprint density at radius 1 is 0.964 bits per heavy atom. The van der Waals surface area contributed by atoms with Crippen LogP contribution in [-0.4, -0.2) is 13.1 Å². The van der Waals surface area contributed by atoms with Crippen LogP contribution >= 0.6 is 0 Å². The van der Waals surface area contributed by atoms with Gasteiger partial charge in [0.1, 0.15) is 0 Å². The number of methoxy groups -OCH3 is 1. The first-order chi connectivity index (χ1) is 13.6. The van der Waals surface area contributed by atoms with E-state index >= 15 is 0 Å².